The number of likely N-dealkylation sites (N-methyl/N-ethyl adjacent to an activating group) is 1. The Labute approximate surface area is 104 Å². The van der Waals surface area contributed by atoms with Crippen molar-refractivity contribution in [2.45, 2.75) is 25.9 Å². The van der Waals surface area contributed by atoms with Gasteiger partial charge in [0.1, 0.15) is 5.76 Å². The van der Waals surface area contributed by atoms with E-state index in [1.54, 1.807) is 6.26 Å². The topological polar surface area (TPSA) is 37.6 Å². The van der Waals surface area contributed by atoms with Gasteiger partial charge in [-0.1, -0.05) is 0 Å². The molecule has 4 nitrogen and oxygen atoms in total. The van der Waals surface area contributed by atoms with Crippen molar-refractivity contribution in [3.63, 3.8) is 0 Å². The molecule has 1 N–H and O–H groups in total. The van der Waals surface area contributed by atoms with Crippen LogP contribution in [0.25, 0.3) is 0 Å². The maximum Gasteiger partial charge on any atom is 0.122 e. The number of rotatable bonds is 8. The van der Waals surface area contributed by atoms with Crippen LogP contribution in [-0.2, 0) is 4.74 Å². The molecule has 0 aromatic carbocycles. The van der Waals surface area contributed by atoms with E-state index in [0.29, 0.717) is 6.04 Å². The standard InChI is InChI=1S/C13H24N2O2/c1-5-16-10-11(2)14-9-12(15(3)4)13-7-6-8-17-13/h6-8,11-12,14H,5,9-10H2,1-4H3. The molecular weight excluding hydrogens is 216 g/mol. The molecule has 0 spiro atoms. The van der Waals surface area contributed by atoms with Gasteiger partial charge < -0.3 is 14.5 Å². The molecule has 0 aliphatic rings. The molecule has 2 unspecified atom stereocenters. The van der Waals surface area contributed by atoms with Crippen molar-refractivity contribution in [1.82, 2.24) is 10.2 Å². The lowest BCUT2D eigenvalue weighted by Gasteiger charge is -2.24. The summed E-state index contributed by atoms with van der Waals surface area (Å²) in [6.07, 6.45) is 1.72. The SMILES string of the molecule is CCOCC(C)NCC(c1ccco1)N(C)C. The van der Waals surface area contributed by atoms with Crippen LogP contribution in [0, 0.1) is 0 Å². The monoisotopic (exact) mass is 240 g/mol. The number of hydrogen-bond acceptors (Lipinski definition) is 4. The van der Waals surface area contributed by atoms with Gasteiger partial charge in [0.2, 0.25) is 0 Å². The van der Waals surface area contributed by atoms with Crippen LogP contribution < -0.4 is 5.32 Å². The summed E-state index contributed by atoms with van der Waals surface area (Å²) in [7, 11) is 4.12. The molecule has 17 heavy (non-hydrogen) atoms. The average molecular weight is 240 g/mol. The minimum Gasteiger partial charge on any atom is -0.468 e. The van der Waals surface area contributed by atoms with E-state index in [1.165, 1.54) is 0 Å². The molecule has 0 saturated carbocycles. The molecule has 1 aromatic rings. The van der Waals surface area contributed by atoms with Crippen molar-refractivity contribution in [1.29, 1.82) is 0 Å². The van der Waals surface area contributed by atoms with Crippen LogP contribution in [0.2, 0.25) is 0 Å². The predicted octanol–water partition coefficient (Wildman–Crippen LogP) is 1.90. The normalized spacial score (nSPS) is 15.1. The number of nitrogens with one attached hydrogen (secondary N) is 1. The Morgan fingerprint density at radius 3 is 2.76 bits per heavy atom. The summed E-state index contributed by atoms with van der Waals surface area (Å²) in [6, 6.07) is 4.55. The Morgan fingerprint density at radius 1 is 1.47 bits per heavy atom. The first-order valence-corrected chi connectivity index (χ1v) is 6.16. The van der Waals surface area contributed by atoms with Gasteiger partial charge in [-0.3, -0.25) is 4.90 Å². The van der Waals surface area contributed by atoms with Gasteiger partial charge in [-0.2, -0.15) is 0 Å². The van der Waals surface area contributed by atoms with Gasteiger partial charge in [0.25, 0.3) is 0 Å². The number of nitrogens with zero attached hydrogens (tertiary/aromatic N) is 1. The highest BCUT2D eigenvalue weighted by Crippen LogP contribution is 2.17. The van der Waals surface area contributed by atoms with E-state index in [9.17, 15) is 0 Å². The van der Waals surface area contributed by atoms with Gasteiger partial charge in [-0.05, 0) is 40.1 Å². The Balaban J connectivity index is 2.40. The summed E-state index contributed by atoms with van der Waals surface area (Å²) in [5.74, 6) is 0.992. The van der Waals surface area contributed by atoms with Crippen LogP contribution in [0.3, 0.4) is 0 Å². The number of ether oxygens (including phenoxy) is 1. The molecule has 1 aromatic heterocycles. The van der Waals surface area contributed by atoms with E-state index in [1.807, 2.05) is 19.1 Å². The summed E-state index contributed by atoms with van der Waals surface area (Å²) < 4.78 is 10.8. The van der Waals surface area contributed by atoms with Gasteiger partial charge in [0.05, 0.1) is 18.9 Å². The van der Waals surface area contributed by atoms with Gasteiger partial charge in [0, 0.05) is 19.2 Å². The van der Waals surface area contributed by atoms with E-state index < -0.39 is 0 Å². The molecule has 98 valence electrons. The molecule has 0 bridgehead atoms. The molecule has 0 radical (unpaired) electrons. The highest BCUT2D eigenvalue weighted by atomic mass is 16.5. The molecule has 1 heterocycles. The zero-order valence-corrected chi connectivity index (χ0v) is 11.3. The fraction of sp³-hybridized carbons (Fsp3) is 0.692. The third-order valence-corrected chi connectivity index (χ3v) is 2.73. The fourth-order valence-electron chi connectivity index (χ4n) is 1.68. The van der Waals surface area contributed by atoms with Crippen molar-refractivity contribution in [2.24, 2.45) is 0 Å². The maximum absolute atomic E-state index is 5.46. The molecule has 0 aliphatic heterocycles. The van der Waals surface area contributed by atoms with E-state index in [-0.39, 0.29) is 6.04 Å². The summed E-state index contributed by atoms with van der Waals surface area (Å²) in [5, 5.41) is 3.46. The summed E-state index contributed by atoms with van der Waals surface area (Å²) >= 11 is 0. The van der Waals surface area contributed by atoms with Crippen molar-refractivity contribution in [2.75, 3.05) is 33.9 Å². The second-order valence-electron chi connectivity index (χ2n) is 4.46. The molecule has 0 aliphatic carbocycles. The minimum atomic E-state index is 0.258. The first-order chi connectivity index (χ1) is 8.15. The zero-order chi connectivity index (χ0) is 12.7. The summed E-state index contributed by atoms with van der Waals surface area (Å²) in [4.78, 5) is 2.15. The van der Waals surface area contributed by atoms with Crippen molar-refractivity contribution in [3.05, 3.63) is 24.2 Å². The highest BCUT2D eigenvalue weighted by Gasteiger charge is 2.17. The molecule has 1 rings (SSSR count). The van der Waals surface area contributed by atoms with Crippen molar-refractivity contribution in [3.8, 4) is 0 Å². The zero-order valence-electron chi connectivity index (χ0n) is 11.3. The third kappa shape index (κ3) is 4.89. The minimum absolute atomic E-state index is 0.258. The van der Waals surface area contributed by atoms with Gasteiger partial charge in [0.15, 0.2) is 0 Å². The molecule has 2 atom stereocenters. The maximum atomic E-state index is 5.46. The van der Waals surface area contributed by atoms with Crippen LogP contribution in [0.15, 0.2) is 22.8 Å². The van der Waals surface area contributed by atoms with E-state index in [0.717, 1.165) is 25.5 Å². The largest absolute Gasteiger partial charge is 0.468 e. The fourth-order valence-corrected chi connectivity index (χ4v) is 1.68. The molecular formula is C13H24N2O2. The Morgan fingerprint density at radius 2 is 2.24 bits per heavy atom. The highest BCUT2D eigenvalue weighted by molar-refractivity contribution is 5.05. The quantitative estimate of drug-likeness (QED) is 0.753. The lowest BCUT2D eigenvalue weighted by Crippen LogP contribution is -2.37. The van der Waals surface area contributed by atoms with Crippen molar-refractivity contribution < 1.29 is 9.15 Å². The predicted molar refractivity (Wildman–Crippen MR) is 69.1 cm³/mol. The number of furan rings is 1. The lowest BCUT2D eigenvalue weighted by atomic mass is 10.2. The lowest BCUT2D eigenvalue weighted by molar-refractivity contribution is 0.123. The van der Waals surface area contributed by atoms with E-state index in [4.69, 9.17) is 9.15 Å². The Bertz CT molecular complexity index is 286. The molecule has 4 heteroatoms. The van der Waals surface area contributed by atoms with Gasteiger partial charge in [-0.15, -0.1) is 0 Å². The van der Waals surface area contributed by atoms with Gasteiger partial charge >= 0.3 is 0 Å². The molecule has 0 fully saturated rings. The van der Waals surface area contributed by atoms with Gasteiger partial charge in [-0.25, -0.2) is 0 Å². The Hall–Kier alpha value is -0.840. The first kappa shape index (κ1) is 14.2. The van der Waals surface area contributed by atoms with Crippen LogP contribution >= 0.6 is 0 Å². The molecule has 0 saturated heterocycles. The average Bonchev–Trinajstić information content (AvgIpc) is 2.79. The van der Waals surface area contributed by atoms with E-state index in [2.05, 4.69) is 31.2 Å². The van der Waals surface area contributed by atoms with Crippen LogP contribution in [0.5, 0.6) is 0 Å². The smallest absolute Gasteiger partial charge is 0.122 e. The van der Waals surface area contributed by atoms with Crippen LogP contribution in [0.4, 0.5) is 0 Å². The summed E-state index contributed by atoms with van der Waals surface area (Å²) in [6.45, 7) is 6.51. The third-order valence-electron chi connectivity index (χ3n) is 2.73. The van der Waals surface area contributed by atoms with Crippen LogP contribution in [-0.4, -0.2) is 44.8 Å². The summed E-state index contributed by atoms with van der Waals surface area (Å²) in [5.41, 5.74) is 0. The number of hydrogen-bond donors (Lipinski definition) is 1. The second-order valence-corrected chi connectivity index (χ2v) is 4.46. The second kappa shape index (κ2) is 7.48. The van der Waals surface area contributed by atoms with Crippen molar-refractivity contribution >= 4 is 0 Å². The Kier molecular flexibility index (Phi) is 6.26. The van der Waals surface area contributed by atoms with E-state index >= 15 is 0 Å². The molecule has 0 amide bonds. The van der Waals surface area contributed by atoms with Crippen LogP contribution in [0.1, 0.15) is 25.6 Å². The first-order valence-electron chi connectivity index (χ1n) is 6.16.